The van der Waals surface area contributed by atoms with E-state index < -0.39 is 0 Å². The lowest BCUT2D eigenvalue weighted by Gasteiger charge is -2.42. The Hall–Kier alpha value is -2.14. The van der Waals surface area contributed by atoms with Gasteiger partial charge in [-0.15, -0.1) is 0 Å². The summed E-state index contributed by atoms with van der Waals surface area (Å²) in [5.74, 6) is 0.313. The Bertz CT molecular complexity index is 1020. The molecule has 3 aliphatic rings. The van der Waals surface area contributed by atoms with Crippen molar-refractivity contribution < 1.29 is 9.90 Å². The van der Waals surface area contributed by atoms with Crippen molar-refractivity contribution in [3.05, 3.63) is 76.3 Å². The van der Waals surface area contributed by atoms with E-state index in [4.69, 9.17) is 11.6 Å². The lowest BCUT2D eigenvalue weighted by Crippen LogP contribution is -2.47. The fraction of sp³-hybridized carbons (Fsp3) is 0.483. The number of rotatable bonds is 5. The molecule has 2 saturated heterocycles. The molecule has 2 aromatic rings. The van der Waals surface area contributed by atoms with Crippen molar-refractivity contribution in [1.29, 1.82) is 0 Å². The minimum absolute atomic E-state index is 0.0427. The molecule has 1 atom stereocenters. The SMILES string of the molecule is O=C(/C=C/c1ccc(Cl)cc1)N1CCC(C(O)CN2CCC3(CCc4ccccc43)CC2)CC1. The van der Waals surface area contributed by atoms with E-state index in [9.17, 15) is 9.90 Å². The third-order valence-corrected chi connectivity index (χ3v) is 8.66. The topological polar surface area (TPSA) is 43.8 Å². The molecule has 5 rings (SSSR count). The van der Waals surface area contributed by atoms with Gasteiger partial charge in [0.05, 0.1) is 6.10 Å². The first-order valence-electron chi connectivity index (χ1n) is 12.7. The summed E-state index contributed by atoms with van der Waals surface area (Å²) in [7, 11) is 0. The van der Waals surface area contributed by atoms with Gasteiger partial charge in [-0.1, -0.05) is 48.0 Å². The van der Waals surface area contributed by atoms with Gasteiger partial charge in [0.25, 0.3) is 0 Å². The van der Waals surface area contributed by atoms with Crippen molar-refractivity contribution in [2.75, 3.05) is 32.7 Å². The van der Waals surface area contributed by atoms with Crippen LogP contribution in [0.3, 0.4) is 0 Å². The van der Waals surface area contributed by atoms with Gasteiger partial charge in [-0.25, -0.2) is 0 Å². The Labute approximate surface area is 208 Å². The van der Waals surface area contributed by atoms with Crippen LogP contribution in [0.1, 0.15) is 48.8 Å². The van der Waals surface area contributed by atoms with Crippen LogP contribution in [0, 0.1) is 5.92 Å². The highest BCUT2D eigenvalue weighted by Gasteiger charge is 2.41. The highest BCUT2D eigenvalue weighted by Crippen LogP contribution is 2.46. The Morgan fingerprint density at radius 2 is 1.74 bits per heavy atom. The van der Waals surface area contributed by atoms with Gasteiger partial charge in [0, 0.05) is 30.7 Å². The number of hydrogen-bond acceptors (Lipinski definition) is 3. The number of halogens is 1. The number of carbonyl (C=O) groups excluding carboxylic acids is 1. The number of amides is 1. The number of piperidine rings is 2. The second-order valence-corrected chi connectivity index (χ2v) is 10.8. The third-order valence-electron chi connectivity index (χ3n) is 8.40. The number of nitrogens with zero attached hydrogens (tertiary/aromatic N) is 2. The summed E-state index contributed by atoms with van der Waals surface area (Å²) in [5, 5.41) is 11.7. The smallest absolute Gasteiger partial charge is 0.246 e. The zero-order chi connectivity index (χ0) is 23.5. The number of fused-ring (bicyclic) bond motifs is 2. The number of carbonyl (C=O) groups is 1. The van der Waals surface area contributed by atoms with Crippen molar-refractivity contribution >= 4 is 23.6 Å². The van der Waals surface area contributed by atoms with E-state index >= 15 is 0 Å². The Kier molecular flexibility index (Phi) is 7.10. The first-order chi connectivity index (χ1) is 16.5. The number of aliphatic hydroxyl groups excluding tert-OH is 1. The molecule has 5 heteroatoms. The lowest BCUT2D eigenvalue weighted by atomic mass is 9.73. The first-order valence-corrected chi connectivity index (χ1v) is 13.1. The number of aliphatic hydroxyl groups is 1. The zero-order valence-corrected chi connectivity index (χ0v) is 20.6. The molecule has 180 valence electrons. The van der Waals surface area contributed by atoms with E-state index in [0.717, 1.165) is 38.0 Å². The summed E-state index contributed by atoms with van der Waals surface area (Å²) >= 11 is 5.92. The van der Waals surface area contributed by atoms with E-state index in [2.05, 4.69) is 29.2 Å². The molecule has 1 unspecified atom stereocenters. The molecule has 1 spiro atoms. The van der Waals surface area contributed by atoms with E-state index in [1.165, 1.54) is 25.7 Å². The number of aryl methyl sites for hydroxylation is 1. The molecular weight excluding hydrogens is 444 g/mol. The summed E-state index contributed by atoms with van der Waals surface area (Å²) in [6.07, 6.45) is 9.79. The average Bonchev–Trinajstić information content (AvgIpc) is 3.23. The molecule has 1 amide bonds. The van der Waals surface area contributed by atoms with Crippen molar-refractivity contribution in [2.45, 2.75) is 50.0 Å². The monoisotopic (exact) mass is 478 g/mol. The van der Waals surface area contributed by atoms with Crippen molar-refractivity contribution in [3.8, 4) is 0 Å². The predicted octanol–water partition coefficient (Wildman–Crippen LogP) is 4.93. The van der Waals surface area contributed by atoms with Crippen LogP contribution in [-0.4, -0.2) is 59.6 Å². The molecule has 0 aromatic heterocycles. The normalized spacial score (nSPS) is 21.8. The van der Waals surface area contributed by atoms with Crippen LogP contribution in [0.4, 0.5) is 0 Å². The van der Waals surface area contributed by atoms with Gasteiger partial charge in [0.1, 0.15) is 0 Å². The molecule has 34 heavy (non-hydrogen) atoms. The summed E-state index contributed by atoms with van der Waals surface area (Å²) < 4.78 is 0. The number of likely N-dealkylation sites (tertiary alicyclic amines) is 2. The fourth-order valence-electron chi connectivity index (χ4n) is 6.21. The molecule has 0 radical (unpaired) electrons. The van der Waals surface area contributed by atoms with E-state index in [-0.39, 0.29) is 17.9 Å². The van der Waals surface area contributed by atoms with Crippen LogP contribution < -0.4 is 0 Å². The standard InChI is InChI=1S/C29H35ClN2O2/c30-25-8-5-22(6-9-25)7-10-28(34)32-17-12-24(13-18-32)27(33)21-31-19-15-29(16-20-31)14-11-23-3-1-2-4-26(23)29/h1-10,24,27,33H,11-21H2/b10-7+. The second-order valence-electron chi connectivity index (χ2n) is 10.4. The minimum Gasteiger partial charge on any atom is -0.392 e. The Balaban J connectivity index is 1.07. The van der Waals surface area contributed by atoms with Crippen LogP contribution >= 0.6 is 11.6 Å². The minimum atomic E-state index is -0.313. The van der Waals surface area contributed by atoms with Crippen molar-refractivity contribution in [2.24, 2.45) is 5.92 Å². The van der Waals surface area contributed by atoms with E-state index in [0.29, 0.717) is 23.5 Å². The highest BCUT2D eigenvalue weighted by atomic mass is 35.5. The Morgan fingerprint density at radius 3 is 2.47 bits per heavy atom. The number of β-amino-alcohol motifs (C(OH)–C–C–N with tert-alkyl or cyclic N) is 1. The maximum atomic E-state index is 12.6. The van der Waals surface area contributed by atoms with Crippen molar-refractivity contribution in [1.82, 2.24) is 9.80 Å². The molecular formula is C29H35ClN2O2. The van der Waals surface area contributed by atoms with E-state index in [1.807, 2.05) is 35.2 Å². The lowest BCUT2D eigenvalue weighted by molar-refractivity contribution is -0.128. The average molecular weight is 479 g/mol. The van der Waals surface area contributed by atoms with Crippen molar-refractivity contribution in [3.63, 3.8) is 0 Å². The second kappa shape index (κ2) is 10.2. The van der Waals surface area contributed by atoms with Gasteiger partial charge >= 0.3 is 0 Å². The van der Waals surface area contributed by atoms with Crippen LogP contribution in [0.15, 0.2) is 54.6 Å². The predicted molar refractivity (Wildman–Crippen MR) is 138 cm³/mol. The fourth-order valence-corrected chi connectivity index (χ4v) is 6.34. The van der Waals surface area contributed by atoms with Crippen LogP contribution in [-0.2, 0) is 16.6 Å². The van der Waals surface area contributed by atoms with Crippen LogP contribution in [0.5, 0.6) is 0 Å². The molecule has 1 aliphatic carbocycles. The molecule has 1 N–H and O–H groups in total. The van der Waals surface area contributed by atoms with Gasteiger partial charge in [-0.2, -0.15) is 0 Å². The summed E-state index contributed by atoms with van der Waals surface area (Å²) in [4.78, 5) is 16.9. The summed E-state index contributed by atoms with van der Waals surface area (Å²) in [5.41, 5.74) is 4.45. The zero-order valence-electron chi connectivity index (χ0n) is 19.8. The van der Waals surface area contributed by atoms with E-state index in [1.54, 1.807) is 17.2 Å². The quantitative estimate of drug-likeness (QED) is 0.619. The molecule has 0 bridgehead atoms. The largest absolute Gasteiger partial charge is 0.392 e. The Morgan fingerprint density at radius 1 is 1.03 bits per heavy atom. The molecule has 4 nitrogen and oxygen atoms in total. The molecule has 0 saturated carbocycles. The van der Waals surface area contributed by atoms with Gasteiger partial charge in [-0.3, -0.25) is 4.79 Å². The van der Waals surface area contributed by atoms with Gasteiger partial charge in [0.15, 0.2) is 0 Å². The summed E-state index contributed by atoms with van der Waals surface area (Å²) in [6, 6.07) is 16.5. The summed E-state index contributed by atoms with van der Waals surface area (Å²) in [6.45, 7) is 4.32. The van der Waals surface area contributed by atoms with Gasteiger partial charge in [-0.05, 0) is 97.8 Å². The number of benzene rings is 2. The molecule has 2 aromatic carbocycles. The molecule has 2 heterocycles. The van der Waals surface area contributed by atoms with Crippen LogP contribution in [0.2, 0.25) is 5.02 Å². The number of hydrogen-bond donors (Lipinski definition) is 1. The molecule has 2 aliphatic heterocycles. The van der Waals surface area contributed by atoms with Crippen LogP contribution in [0.25, 0.3) is 6.08 Å². The third kappa shape index (κ3) is 5.10. The van der Waals surface area contributed by atoms with Gasteiger partial charge < -0.3 is 14.9 Å². The maximum absolute atomic E-state index is 12.6. The maximum Gasteiger partial charge on any atom is 0.246 e. The molecule has 2 fully saturated rings. The van der Waals surface area contributed by atoms with Gasteiger partial charge in [0.2, 0.25) is 5.91 Å². The highest BCUT2D eigenvalue weighted by molar-refractivity contribution is 6.30. The first kappa shape index (κ1) is 23.6.